The van der Waals surface area contributed by atoms with Crippen LogP contribution in [0.1, 0.15) is 29.8 Å². The van der Waals surface area contributed by atoms with Gasteiger partial charge in [-0.2, -0.15) is 0 Å². The molecule has 0 bridgehead atoms. The van der Waals surface area contributed by atoms with Crippen LogP contribution in [0.3, 0.4) is 0 Å². The van der Waals surface area contributed by atoms with E-state index in [0.29, 0.717) is 17.7 Å². The van der Waals surface area contributed by atoms with Gasteiger partial charge in [0.1, 0.15) is 5.75 Å². The maximum Gasteiger partial charge on any atom is 0.308 e. The molecule has 0 saturated heterocycles. The van der Waals surface area contributed by atoms with Crippen LogP contribution in [0.2, 0.25) is 0 Å². The molecule has 0 spiro atoms. The lowest BCUT2D eigenvalue weighted by molar-refractivity contribution is -0.131. The summed E-state index contributed by atoms with van der Waals surface area (Å²) in [6, 6.07) is 4.76. The molecule has 4 heteroatoms. The number of benzene rings is 1. The fourth-order valence-corrected chi connectivity index (χ4v) is 1.47. The van der Waals surface area contributed by atoms with Crippen molar-refractivity contribution in [2.45, 2.75) is 20.3 Å². The fourth-order valence-electron chi connectivity index (χ4n) is 1.28. The van der Waals surface area contributed by atoms with Gasteiger partial charge in [0.25, 0.3) is 5.24 Å². The van der Waals surface area contributed by atoms with Crippen LogP contribution in [0.25, 0.3) is 0 Å². The summed E-state index contributed by atoms with van der Waals surface area (Å²) < 4.78 is 4.90. The van der Waals surface area contributed by atoms with E-state index >= 15 is 0 Å². The Balaban J connectivity index is 3.07. The van der Waals surface area contributed by atoms with Crippen molar-refractivity contribution >= 4 is 22.8 Å². The van der Waals surface area contributed by atoms with Gasteiger partial charge in [-0.3, -0.25) is 9.59 Å². The topological polar surface area (TPSA) is 43.4 Å². The summed E-state index contributed by atoms with van der Waals surface area (Å²) in [7, 11) is 0. The number of rotatable bonds is 3. The highest BCUT2D eigenvalue weighted by molar-refractivity contribution is 6.67. The smallest absolute Gasteiger partial charge is 0.308 e. The summed E-state index contributed by atoms with van der Waals surface area (Å²) in [6.45, 7) is 3.22. The van der Waals surface area contributed by atoms with Crippen LogP contribution < -0.4 is 4.74 Å². The molecule has 0 heterocycles. The quantitative estimate of drug-likeness (QED) is 0.452. The highest BCUT2D eigenvalue weighted by Gasteiger charge is 2.09. The first-order valence-electron chi connectivity index (χ1n) is 4.55. The second kappa shape index (κ2) is 4.94. The second-order valence-corrected chi connectivity index (χ2v) is 3.38. The first-order chi connectivity index (χ1) is 7.04. The molecular weight excluding hydrogens is 216 g/mol. The largest absolute Gasteiger partial charge is 0.427 e. The number of halogens is 1. The molecule has 0 radical (unpaired) electrons. The predicted octanol–water partition coefficient (Wildman–Crippen LogP) is 2.55. The Morgan fingerprint density at radius 1 is 1.40 bits per heavy atom. The molecule has 1 rings (SSSR count). The number of aryl methyl sites for hydroxylation is 1. The first kappa shape index (κ1) is 11.7. The summed E-state index contributed by atoms with van der Waals surface area (Å²) in [5.41, 5.74) is 1.23. The molecule has 1 aromatic rings. The molecule has 0 atom stereocenters. The lowest BCUT2D eigenvalue weighted by Crippen LogP contribution is -2.03. The summed E-state index contributed by atoms with van der Waals surface area (Å²) >= 11 is 5.40. The molecule has 0 aromatic heterocycles. The van der Waals surface area contributed by atoms with E-state index in [1.165, 1.54) is 6.92 Å². The number of hydrogen-bond donors (Lipinski definition) is 0. The van der Waals surface area contributed by atoms with Crippen molar-refractivity contribution in [1.29, 1.82) is 0 Å². The van der Waals surface area contributed by atoms with Crippen LogP contribution in [0.5, 0.6) is 5.75 Å². The van der Waals surface area contributed by atoms with E-state index in [2.05, 4.69) is 0 Å². The Kier molecular flexibility index (Phi) is 3.86. The minimum atomic E-state index is -0.499. The van der Waals surface area contributed by atoms with Crippen LogP contribution in [0.4, 0.5) is 0 Å². The monoisotopic (exact) mass is 226 g/mol. The lowest BCUT2D eigenvalue weighted by Gasteiger charge is -2.06. The van der Waals surface area contributed by atoms with Gasteiger partial charge in [-0.25, -0.2) is 0 Å². The molecule has 0 aliphatic carbocycles. The highest BCUT2D eigenvalue weighted by Crippen LogP contribution is 2.20. The molecular formula is C11H11ClO3. The SMILES string of the molecule is CCc1cc(OC(C)=O)ccc1C(=O)Cl. The molecule has 80 valence electrons. The Morgan fingerprint density at radius 2 is 2.07 bits per heavy atom. The van der Waals surface area contributed by atoms with Gasteiger partial charge in [0, 0.05) is 12.5 Å². The van der Waals surface area contributed by atoms with E-state index in [4.69, 9.17) is 16.3 Å². The number of carbonyl (C=O) groups is 2. The molecule has 0 aliphatic heterocycles. The molecule has 0 aliphatic rings. The minimum Gasteiger partial charge on any atom is -0.427 e. The molecule has 0 unspecified atom stereocenters. The number of hydrogen-bond acceptors (Lipinski definition) is 3. The third-order valence-corrected chi connectivity index (χ3v) is 2.13. The summed E-state index contributed by atoms with van der Waals surface area (Å²) in [5.74, 6) is 0.0445. The van der Waals surface area contributed by atoms with Crippen LogP contribution in [0, 0.1) is 0 Å². The van der Waals surface area contributed by atoms with Crippen LogP contribution in [-0.2, 0) is 11.2 Å². The maximum absolute atomic E-state index is 11.0. The zero-order valence-electron chi connectivity index (χ0n) is 8.54. The van der Waals surface area contributed by atoms with Crippen molar-refractivity contribution in [3.8, 4) is 5.75 Å². The van der Waals surface area contributed by atoms with Gasteiger partial charge < -0.3 is 4.74 Å². The molecule has 0 amide bonds. The average molecular weight is 227 g/mol. The second-order valence-electron chi connectivity index (χ2n) is 3.04. The number of carbonyl (C=O) groups excluding carboxylic acids is 2. The summed E-state index contributed by atoms with van der Waals surface area (Å²) in [4.78, 5) is 21.7. The molecule has 3 nitrogen and oxygen atoms in total. The normalized spacial score (nSPS) is 9.80. The van der Waals surface area contributed by atoms with Crippen molar-refractivity contribution in [2.24, 2.45) is 0 Å². The first-order valence-corrected chi connectivity index (χ1v) is 4.93. The zero-order valence-corrected chi connectivity index (χ0v) is 9.30. The van der Waals surface area contributed by atoms with E-state index in [1.807, 2.05) is 6.92 Å². The van der Waals surface area contributed by atoms with Gasteiger partial charge in [-0.1, -0.05) is 6.92 Å². The zero-order chi connectivity index (χ0) is 11.4. The van der Waals surface area contributed by atoms with Crippen LogP contribution >= 0.6 is 11.6 Å². The Bertz CT molecular complexity index is 399. The van der Waals surface area contributed by atoms with Gasteiger partial charge in [0.05, 0.1) is 0 Å². The van der Waals surface area contributed by atoms with E-state index in [-0.39, 0.29) is 5.97 Å². The third-order valence-electron chi connectivity index (χ3n) is 1.93. The third kappa shape index (κ3) is 3.06. The number of ether oxygens (including phenoxy) is 1. The van der Waals surface area contributed by atoms with Gasteiger partial charge in [0.15, 0.2) is 0 Å². The van der Waals surface area contributed by atoms with E-state index in [0.717, 1.165) is 5.56 Å². The van der Waals surface area contributed by atoms with Crippen molar-refractivity contribution in [1.82, 2.24) is 0 Å². The van der Waals surface area contributed by atoms with Gasteiger partial charge in [-0.05, 0) is 41.8 Å². The predicted molar refractivity (Wildman–Crippen MR) is 57.3 cm³/mol. The molecule has 1 aromatic carbocycles. The van der Waals surface area contributed by atoms with Crippen molar-refractivity contribution in [3.63, 3.8) is 0 Å². The molecule has 15 heavy (non-hydrogen) atoms. The van der Waals surface area contributed by atoms with Gasteiger partial charge in [0.2, 0.25) is 0 Å². The fraction of sp³-hybridized carbons (Fsp3) is 0.273. The maximum atomic E-state index is 11.0. The molecule has 0 fully saturated rings. The van der Waals surface area contributed by atoms with E-state index in [1.54, 1.807) is 18.2 Å². The van der Waals surface area contributed by atoms with Crippen molar-refractivity contribution in [3.05, 3.63) is 29.3 Å². The standard InChI is InChI=1S/C11H11ClO3/c1-3-8-6-9(15-7(2)13)4-5-10(8)11(12)14/h4-6H,3H2,1-2H3. The van der Waals surface area contributed by atoms with Crippen LogP contribution in [-0.4, -0.2) is 11.2 Å². The van der Waals surface area contributed by atoms with Crippen LogP contribution in [0.15, 0.2) is 18.2 Å². The van der Waals surface area contributed by atoms with Crippen molar-refractivity contribution in [2.75, 3.05) is 0 Å². The highest BCUT2D eigenvalue weighted by atomic mass is 35.5. The summed E-state index contributed by atoms with van der Waals surface area (Å²) in [6.07, 6.45) is 0.656. The lowest BCUT2D eigenvalue weighted by atomic mass is 10.1. The minimum absolute atomic E-state index is 0.387. The number of esters is 1. The van der Waals surface area contributed by atoms with Gasteiger partial charge >= 0.3 is 5.97 Å². The van der Waals surface area contributed by atoms with E-state index in [9.17, 15) is 9.59 Å². The molecule has 0 N–H and O–H groups in total. The van der Waals surface area contributed by atoms with Gasteiger partial charge in [-0.15, -0.1) is 0 Å². The Morgan fingerprint density at radius 3 is 2.53 bits per heavy atom. The molecule has 0 saturated carbocycles. The van der Waals surface area contributed by atoms with E-state index < -0.39 is 5.24 Å². The Labute approximate surface area is 93.0 Å². The average Bonchev–Trinajstić information content (AvgIpc) is 2.16. The summed E-state index contributed by atoms with van der Waals surface area (Å²) in [5, 5.41) is -0.499. The Hall–Kier alpha value is -1.35. The van der Waals surface area contributed by atoms with Crippen molar-refractivity contribution < 1.29 is 14.3 Å².